The molecule has 6 rings (SSSR count). The number of halogens is 1. The number of fused-ring (bicyclic) bond motifs is 5. The van der Waals surface area contributed by atoms with E-state index >= 15 is 0 Å². The number of likely N-dealkylation sites (tertiary alicyclic amines) is 1. The molecule has 3 aliphatic rings. The second kappa shape index (κ2) is 10.1. The normalized spacial score (nSPS) is 21.1. The van der Waals surface area contributed by atoms with Gasteiger partial charge in [0, 0.05) is 53.5 Å². The van der Waals surface area contributed by atoms with Crippen molar-refractivity contribution in [3.05, 3.63) is 80.7 Å². The summed E-state index contributed by atoms with van der Waals surface area (Å²) in [7, 11) is 4.69. The lowest BCUT2D eigenvalue weighted by molar-refractivity contribution is -0.113. The molecule has 1 saturated heterocycles. The van der Waals surface area contributed by atoms with Crippen molar-refractivity contribution in [2.24, 2.45) is 5.92 Å². The smallest absolute Gasteiger partial charge is 0.260 e. The molecule has 39 heavy (non-hydrogen) atoms. The van der Waals surface area contributed by atoms with Crippen LogP contribution in [0, 0.1) is 5.92 Å². The fraction of sp³-hybridized carbons (Fsp3) is 0.333. The van der Waals surface area contributed by atoms with Crippen LogP contribution in [0.5, 0.6) is 17.2 Å². The Kier molecular flexibility index (Phi) is 6.61. The molecule has 1 fully saturated rings. The summed E-state index contributed by atoms with van der Waals surface area (Å²) in [5, 5.41) is 0.574. The number of hydrogen-bond acceptors (Lipinski definition) is 6. The van der Waals surface area contributed by atoms with Crippen LogP contribution in [0.1, 0.15) is 29.2 Å². The van der Waals surface area contributed by atoms with Crippen molar-refractivity contribution >= 4 is 34.8 Å². The predicted molar refractivity (Wildman–Crippen MR) is 151 cm³/mol. The second-order valence-electron chi connectivity index (χ2n) is 10.3. The quantitative estimate of drug-likeness (QED) is 0.423. The number of nitrogens with zero attached hydrogens (tertiary/aromatic N) is 3. The monoisotopic (exact) mass is 547 g/mol. The summed E-state index contributed by atoms with van der Waals surface area (Å²) in [6.45, 7) is 2.77. The van der Waals surface area contributed by atoms with Gasteiger partial charge in [0.2, 0.25) is 5.75 Å². The molecule has 3 aromatic rings. The highest BCUT2D eigenvalue weighted by Gasteiger charge is 2.38. The maximum atomic E-state index is 13.9. The molecule has 3 aliphatic heterocycles. The summed E-state index contributed by atoms with van der Waals surface area (Å²) >= 11 is 6.40. The summed E-state index contributed by atoms with van der Waals surface area (Å²) in [6.07, 6.45) is 2.91. The van der Waals surface area contributed by atoms with Crippen LogP contribution in [0.15, 0.2) is 53.3 Å². The number of carbonyl (C=O) groups is 1. The molecule has 0 saturated carbocycles. The highest BCUT2D eigenvalue weighted by molar-refractivity contribution is 6.37. The van der Waals surface area contributed by atoms with E-state index < -0.39 is 0 Å². The number of anilines is 1. The number of piperidine rings is 1. The maximum Gasteiger partial charge on any atom is 0.260 e. The van der Waals surface area contributed by atoms with Crippen LogP contribution in [0.3, 0.4) is 0 Å². The number of hydrogen-bond donors (Lipinski definition) is 0. The summed E-state index contributed by atoms with van der Waals surface area (Å²) in [5.41, 5.74) is 4.10. The van der Waals surface area contributed by atoms with Gasteiger partial charge in [-0.25, -0.2) is 0 Å². The van der Waals surface area contributed by atoms with E-state index in [-0.39, 0.29) is 17.4 Å². The molecule has 202 valence electrons. The number of rotatable bonds is 6. The summed E-state index contributed by atoms with van der Waals surface area (Å²) in [4.78, 5) is 30.5. The van der Waals surface area contributed by atoms with E-state index in [9.17, 15) is 9.59 Å². The molecule has 0 aliphatic carbocycles. The number of carbonyl (C=O) groups excluding carboxylic acids is 1. The first kappa shape index (κ1) is 25.5. The zero-order valence-corrected chi connectivity index (χ0v) is 22.9. The Morgan fingerprint density at radius 3 is 2.44 bits per heavy atom. The van der Waals surface area contributed by atoms with Crippen LogP contribution in [0.2, 0.25) is 5.02 Å². The minimum Gasteiger partial charge on any atom is -0.493 e. The van der Waals surface area contributed by atoms with Gasteiger partial charge in [0.15, 0.2) is 11.5 Å². The first-order chi connectivity index (χ1) is 18.9. The third-order valence-corrected chi connectivity index (χ3v) is 8.15. The average molecular weight is 548 g/mol. The average Bonchev–Trinajstić information content (AvgIpc) is 3.18. The standard InChI is InChI=1S/C30H30ClN3O5/c1-37-26-11-18(12-27(38-2)29(26)39-3)10-23-22-8-7-21(31)13-25(22)34(30(23)36)17-32-14-19-9-20(16-32)24-5-4-6-28(35)33(24)15-19/h4-8,10-13,19-20H,9,14-17H2,1-3H3/b23-10-/t19-,20+/m1/s1. The molecular weight excluding hydrogens is 518 g/mol. The number of aromatic nitrogens is 1. The lowest BCUT2D eigenvalue weighted by Crippen LogP contribution is -2.50. The lowest BCUT2D eigenvalue weighted by atomic mass is 9.83. The van der Waals surface area contributed by atoms with E-state index in [0.717, 1.165) is 42.0 Å². The molecule has 1 amide bonds. The van der Waals surface area contributed by atoms with Gasteiger partial charge >= 0.3 is 0 Å². The van der Waals surface area contributed by atoms with E-state index in [1.807, 2.05) is 45.9 Å². The Morgan fingerprint density at radius 2 is 1.72 bits per heavy atom. The molecule has 0 N–H and O–H groups in total. The van der Waals surface area contributed by atoms with Gasteiger partial charge in [-0.05, 0) is 54.3 Å². The predicted octanol–water partition coefficient (Wildman–Crippen LogP) is 4.49. The topological polar surface area (TPSA) is 73.2 Å². The maximum absolute atomic E-state index is 13.9. The summed E-state index contributed by atoms with van der Waals surface area (Å²) < 4.78 is 18.4. The van der Waals surface area contributed by atoms with Crippen molar-refractivity contribution < 1.29 is 19.0 Å². The largest absolute Gasteiger partial charge is 0.493 e. The summed E-state index contributed by atoms with van der Waals surface area (Å²) in [6, 6.07) is 14.7. The number of benzene rings is 2. The van der Waals surface area contributed by atoms with E-state index in [1.54, 1.807) is 33.5 Å². The van der Waals surface area contributed by atoms with Crippen molar-refractivity contribution in [3.8, 4) is 17.2 Å². The van der Waals surface area contributed by atoms with Crippen LogP contribution in [0.25, 0.3) is 11.6 Å². The Morgan fingerprint density at radius 1 is 0.949 bits per heavy atom. The van der Waals surface area contributed by atoms with Gasteiger partial charge in [-0.1, -0.05) is 23.7 Å². The molecule has 0 radical (unpaired) electrons. The molecule has 9 heteroatoms. The van der Waals surface area contributed by atoms with Gasteiger partial charge in [-0.15, -0.1) is 0 Å². The van der Waals surface area contributed by atoms with Crippen molar-refractivity contribution in [3.63, 3.8) is 0 Å². The van der Waals surface area contributed by atoms with Crippen molar-refractivity contribution in [2.75, 3.05) is 46.0 Å². The molecule has 0 unspecified atom stereocenters. The molecule has 4 heterocycles. The summed E-state index contributed by atoms with van der Waals surface area (Å²) in [5.74, 6) is 2.06. The van der Waals surface area contributed by atoms with Gasteiger partial charge in [0.1, 0.15) is 0 Å². The van der Waals surface area contributed by atoms with Gasteiger partial charge < -0.3 is 18.8 Å². The number of methoxy groups -OCH3 is 3. The van der Waals surface area contributed by atoms with Crippen LogP contribution >= 0.6 is 11.6 Å². The Labute approximate surface area is 231 Å². The van der Waals surface area contributed by atoms with Crippen molar-refractivity contribution in [1.29, 1.82) is 0 Å². The minimum atomic E-state index is -0.0895. The van der Waals surface area contributed by atoms with Crippen molar-refractivity contribution in [1.82, 2.24) is 9.47 Å². The fourth-order valence-electron chi connectivity index (χ4n) is 6.27. The van der Waals surface area contributed by atoms with Crippen LogP contribution < -0.4 is 24.7 Å². The van der Waals surface area contributed by atoms with Crippen molar-refractivity contribution in [2.45, 2.75) is 18.9 Å². The van der Waals surface area contributed by atoms with Crippen LogP contribution in [0.4, 0.5) is 5.69 Å². The molecule has 0 spiro atoms. The van der Waals surface area contributed by atoms with E-state index in [2.05, 4.69) is 11.0 Å². The molecule has 2 aromatic carbocycles. The Balaban J connectivity index is 1.33. The molecule has 2 bridgehead atoms. The van der Waals surface area contributed by atoms with Gasteiger partial charge in [0.05, 0.1) is 33.7 Å². The van der Waals surface area contributed by atoms with Gasteiger partial charge in [0.25, 0.3) is 11.5 Å². The Hall–Kier alpha value is -3.75. The van der Waals surface area contributed by atoms with E-state index in [1.165, 1.54) is 0 Å². The van der Waals surface area contributed by atoms with Gasteiger partial charge in [-0.3, -0.25) is 19.4 Å². The minimum absolute atomic E-state index is 0.0653. The first-order valence-electron chi connectivity index (χ1n) is 13.0. The lowest BCUT2D eigenvalue weighted by Gasteiger charge is -2.43. The number of ether oxygens (including phenoxy) is 3. The molecule has 1 aromatic heterocycles. The molecule has 2 atom stereocenters. The second-order valence-corrected chi connectivity index (χ2v) is 10.7. The third kappa shape index (κ3) is 4.47. The molecular formula is C30H30ClN3O5. The van der Waals surface area contributed by atoms with E-state index in [0.29, 0.717) is 47.0 Å². The SMILES string of the molecule is COc1cc(/C=C2\C(=O)N(CN3C[C@H]4C[C@@H](C3)c3cccc(=O)n3C4)c3cc(Cl)ccc32)cc(OC)c1OC. The van der Waals surface area contributed by atoms with Crippen LogP contribution in [-0.2, 0) is 11.3 Å². The number of pyridine rings is 1. The molecule has 8 nitrogen and oxygen atoms in total. The zero-order chi connectivity index (χ0) is 27.3. The highest BCUT2D eigenvalue weighted by Crippen LogP contribution is 2.43. The van der Waals surface area contributed by atoms with Crippen LogP contribution in [-0.4, -0.2) is 56.5 Å². The Bertz CT molecular complexity index is 1520. The zero-order valence-electron chi connectivity index (χ0n) is 22.1. The van der Waals surface area contributed by atoms with Gasteiger partial charge in [-0.2, -0.15) is 0 Å². The fourth-order valence-corrected chi connectivity index (χ4v) is 6.43. The number of amides is 1. The third-order valence-electron chi connectivity index (χ3n) is 7.91. The van der Waals surface area contributed by atoms with E-state index in [4.69, 9.17) is 25.8 Å². The first-order valence-corrected chi connectivity index (χ1v) is 13.3. The highest BCUT2D eigenvalue weighted by atomic mass is 35.5.